The van der Waals surface area contributed by atoms with E-state index in [4.69, 9.17) is 4.74 Å². The summed E-state index contributed by atoms with van der Waals surface area (Å²) in [5.41, 5.74) is 0.365. The Balaban J connectivity index is 2.39. The lowest BCUT2D eigenvalue weighted by atomic mass is 9.70. The van der Waals surface area contributed by atoms with E-state index >= 15 is 0 Å². The Bertz CT molecular complexity index is 249. The first kappa shape index (κ1) is 14.9. The normalized spacial score (nSPS) is 27.6. The molecule has 1 aliphatic rings. The summed E-state index contributed by atoms with van der Waals surface area (Å²) in [6.45, 7) is 8.83. The highest BCUT2D eigenvalue weighted by molar-refractivity contribution is 7.99. The van der Waals surface area contributed by atoms with Gasteiger partial charge in [0.1, 0.15) is 5.44 Å². The molecule has 0 aliphatic heterocycles. The van der Waals surface area contributed by atoms with Crippen LogP contribution < -0.4 is 0 Å². The van der Waals surface area contributed by atoms with Crippen molar-refractivity contribution in [3.05, 3.63) is 0 Å². The van der Waals surface area contributed by atoms with Gasteiger partial charge in [-0.25, -0.2) is 0 Å². The van der Waals surface area contributed by atoms with E-state index in [0.29, 0.717) is 5.41 Å². The third-order valence-electron chi connectivity index (χ3n) is 3.90. The largest absolute Gasteiger partial charge is 0.451 e. The molecule has 2 nitrogen and oxygen atoms in total. The predicted octanol–water partition coefficient (Wildman–Crippen LogP) is 4.09. The zero-order valence-corrected chi connectivity index (χ0v) is 12.6. The van der Waals surface area contributed by atoms with Crippen LogP contribution in [0.3, 0.4) is 0 Å². The second kappa shape index (κ2) is 6.12. The number of thioether (sulfide) groups is 1. The molecule has 17 heavy (non-hydrogen) atoms. The highest BCUT2D eigenvalue weighted by Gasteiger charge is 2.33. The molecule has 0 heterocycles. The molecule has 1 atom stereocenters. The molecule has 3 heteroatoms. The Hall–Kier alpha value is -0.180. The van der Waals surface area contributed by atoms with Crippen molar-refractivity contribution in [2.75, 3.05) is 6.26 Å². The summed E-state index contributed by atoms with van der Waals surface area (Å²) in [6.07, 6.45) is 6.30. The van der Waals surface area contributed by atoms with Crippen LogP contribution >= 0.6 is 11.8 Å². The predicted molar refractivity (Wildman–Crippen MR) is 74.0 cm³/mol. The number of carbonyl (C=O) groups excluding carboxylic acids is 1. The molecule has 0 radical (unpaired) electrons. The number of esters is 1. The first-order chi connectivity index (χ1) is 7.84. The Morgan fingerprint density at radius 3 is 2.18 bits per heavy atom. The SMILES string of the molecule is CSC(C)OC(=O)C1CCC(C(C)(C)C)CC1. The van der Waals surface area contributed by atoms with Crippen molar-refractivity contribution in [1.29, 1.82) is 0 Å². The van der Waals surface area contributed by atoms with Crippen LogP contribution in [0.15, 0.2) is 0 Å². The molecule has 1 unspecified atom stereocenters. The van der Waals surface area contributed by atoms with Crippen LogP contribution in [-0.4, -0.2) is 17.7 Å². The van der Waals surface area contributed by atoms with Gasteiger partial charge in [0.2, 0.25) is 0 Å². The van der Waals surface area contributed by atoms with Gasteiger partial charge in [-0.2, -0.15) is 0 Å². The molecule has 0 amide bonds. The van der Waals surface area contributed by atoms with Crippen molar-refractivity contribution in [3.8, 4) is 0 Å². The smallest absolute Gasteiger partial charge is 0.310 e. The quantitative estimate of drug-likeness (QED) is 0.563. The van der Waals surface area contributed by atoms with Gasteiger partial charge in [-0.3, -0.25) is 4.79 Å². The third-order valence-corrected chi connectivity index (χ3v) is 4.66. The van der Waals surface area contributed by atoms with Crippen molar-refractivity contribution in [2.24, 2.45) is 17.3 Å². The standard InChI is InChI=1S/C14H26O2S/c1-10(17-5)16-13(15)11-6-8-12(9-7-11)14(2,3)4/h10-12H,6-9H2,1-5H3. The van der Waals surface area contributed by atoms with Gasteiger partial charge < -0.3 is 4.74 Å². The van der Waals surface area contributed by atoms with Crippen LogP contribution in [-0.2, 0) is 9.53 Å². The van der Waals surface area contributed by atoms with Crippen molar-refractivity contribution in [3.63, 3.8) is 0 Å². The molecule has 1 saturated carbocycles. The van der Waals surface area contributed by atoms with E-state index < -0.39 is 0 Å². The molecule has 100 valence electrons. The number of ether oxygens (including phenoxy) is 1. The Morgan fingerprint density at radius 2 is 1.76 bits per heavy atom. The van der Waals surface area contributed by atoms with Crippen LogP contribution in [0.4, 0.5) is 0 Å². The number of carbonyl (C=O) groups is 1. The minimum atomic E-state index is -0.0113. The van der Waals surface area contributed by atoms with Gasteiger partial charge in [0.05, 0.1) is 5.92 Å². The van der Waals surface area contributed by atoms with E-state index in [9.17, 15) is 4.79 Å². The van der Waals surface area contributed by atoms with E-state index in [1.807, 2.05) is 13.2 Å². The zero-order valence-electron chi connectivity index (χ0n) is 11.8. The molecular weight excluding hydrogens is 232 g/mol. The topological polar surface area (TPSA) is 26.3 Å². The molecule has 0 N–H and O–H groups in total. The first-order valence-electron chi connectivity index (χ1n) is 6.58. The van der Waals surface area contributed by atoms with Crippen LogP contribution in [0.25, 0.3) is 0 Å². The van der Waals surface area contributed by atoms with E-state index in [-0.39, 0.29) is 17.3 Å². The summed E-state index contributed by atoms with van der Waals surface area (Å²) in [5.74, 6) is 0.909. The number of rotatable bonds is 3. The van der Waals surface area contributed by atoms with E-state index in [0.717, 1.165) is 31.6 Å². The molecule has 1 aliphatic carbocycles. The second-order valence-corrected chi connectivity index (χ2v) is 7.29. The van der Waals surface area contributed by atoms with Crippen molar-refractivity contribution in [1.82, 2.24) is 0 Å². The summed E-state index contributed by atoms with van der Waals surface area (Å²) >= 11 is 1.58. The van der Waals surface area contributed by atoms with Crippen molar-refractivity contribution >= 4 is 17.7 Å². The monoisotopic (exact) mass is 258 g/mol. The fourth-order valence-electron chi connectivity index (χ4n) is 2.50. The molecular formula is C14H26O2S. The summed E-state index contributed by atoms with van der Waals surface area (Å²) in [4.78, 5) is 11.9. The average molecular weight is 258 g/mol. The summed E-state index contributed by atoms with van der Waals surface area (Å²) in [6, 6.07) is 0. The molecule has 0 spiro atoms. The molecule has 0 aromatic rings. The number of hydrogen-bond donors (Lipinski definition) is 0. The van der Waals surface area contributed by atoms with Gasteiger partial charge in [0, 0.05) is 0 Å². The molecule has 0 bridgehead atoms. The van der Waals surface area contributed by atoms with Crippen LogP contribution in [0.2, 0.25) is 0 Å². The van der Waals surface area contributed by atoms with Crippen LogP contribution in [0.1, 0.15) is 53.4 Å². The first-order valence-corrected chi connectivity index (χ1v) is 7.86. The maximum Gasteiger partial charge on any atom is 0.310 e. The van der Waals surface area contributed by atoms with Gasteiger partial charge in [-0.05, 0) is 50.2 Å². The molecule has 0 aromatic heterocycles. The van der Waals surface area contributed by atoms with E-state index in [1.165, 1.54) is 0 Å². The zero-order chi connectivity index (χ0) is 13.1. The Labute approximate surface area is 110 Å². The van der Waals surface area contributed by atoms with Gasteiger partial charge in [-0.1, -0.05) is 20.8 Å². The van der Waals surface area contributed by atoms with Gasteiger partial charge in [0.15, 0.2) is 0 Å². The maximum atomic E-state index is 11.9. The summed E-state index contributed by atoms with van der Waals surface area (Å²) in [5, 5.41) is 0. The summed E-state index contributed by atoms with van der Waals surface area (Å²) < 4.78 is 5.38. The van der Waals surface area contributed by atoms with Crippen molar-refractivity contribution < 1.29 is 9.53 Å². The highest BCUT2D eigenvalue weighted by atomic mass is 32.2. The molecule has 1 fully saturated rings. The second-order valence-electron chi connectivity index (χ2n) is 6.15. The van der Waals surface area contributed by atoms with Gasteiger partial charge in [0.25, 0.3) is 0 Å². The van der Waals surface area contributed by atoms with Gasteiger partial charge in [-0.15, -0.1) is 11.8 Å². The minimum Gasteiger partial charge on any atom is -0.451 e. The lowest BCUT2D eigenvalue weighted by molar-refractivity contribution is -0.151. The van der Waals surface area contributed by atoms with Crippen LogP contribution in [0, 0.1) is 17.3 Å². The fraction of sp³-hybridized carbons (Fsp3) is 0.929. The van der Waals surface area contributed by atoms with E-state index in [2.05, 4.69) is 20.8 Å². The maximum absolute atomic E-state index is 11.9. The molecule has 1 rings (SSSR count). The Morgan fingerprint density at radius 1 is 1.24 bits per heavy atom. The molecule has 0 aromatic carbocycles. The average Bonchev–Trinajstić information content (AvgIpc) is 2.27. The minimum absolute atomic E-state index is 0.0113. The summed E-state index contributed by atoms with van der Waals surface area (Å²) in [7, 11) is 0. The van der Waals surface area contributed by atoms with Crippen LogP contribution in [0.5, 0.6) is 0 Å². The highest BCUT2D eigenvalue weighted by Crippen LogP contribution is 2.40. The van der Waals surface area contributed by atoms with E-state index in [1.54, 1.807) is 11.8 Å². The third kappa shape index (κ3) is 4.53. The number of hydrogen-bond acceptors (Lipinski definition) is 3. The lowest BCUT2D eigenvalue weighted by Gasteiger charge is -2.36. The molecule has 0 saturated heterocycles. The lowest BCUT2D eigenvalue weighted by Crippen LogP contribution is -2.30. The fourth-order valence-corrected chi connectivity index (χ4v) is 2.69. The Kier molecular flexibility index (Phi) is 5.36. The van der Waals surface area contributed by atoms with Crippen molar-refractivity contribution in [2.45, 2.75) is 58.8 Å². The van der Waals surface area contributed by atoms with Gasteiger partial charge >= 0.3 is 5.97 Å².